The van der Waals surface area contributed by atoms with Gasteiger partial charge in [-0.05, 0) is 50.0 Å². The summed E-state index contributed by atoms with van der Waals surface area (Å²) in [6, 6.07) is 14.8. The Labute approximate surface area is 286 Å². The van der Waals surface area contributed by atoms with Crippen molar-refractivity contribution in [2.45, 2.75) is 31.6 Å². The van der Waals surface area contributed by atoms with Crippen LogP contribution in [0.4, 0.5) is 0 Å². The number of allylic oxidation sites excluding steroid dienone is 1. The molecule has 246 valence electrons. The van der Waals surface area contributed by atoms with E-state index in [0.717, 1.165) is 31.6 Å². The van der Waals surface area contributed by atoms with Crippen LogP contribution in [0.2, 0.25) is 10.0 Å². The van der Waals surface area contributed by atoms with Gasteiger partial charge >= 0.3 is 11.9 Å². The molecule has 3 N–H and O–H groups in total. The predicted octanol–water partition coefficient (Wildman–Crippen LogP) is 4.89. The van der Waals surface area contributed by atoms with Crippen LogP contribution < -0.4 is 11.1 Å². The molecule has 2 aromatic rings. The van der Waals surface area contributed by atoms with Gasteiger partial charge in [0.1, 0.15) is 0 Å². The monoisotopic (exact) mass is 700 g/mol. The Balaban J connectivity index is 0.00000353. The van der Waals surface area contributed by atoms with Gasteiger partial charge in [0.15, 0.2) is 0 Å². The highest BCUT2D eigenvalue weighted by Gasteiger charge is 2.42. The van der Waals surface area contributed by atoms with Gasteiger partial charge in [0, 0.05) is 53.2 Å². The number of dihydropyridines is 1. The van der Waals surface area contributed by atoms with Gasteiger partial charge in [-0.1, -0.05) is 59.6 Å². The van der Waals surface area contributed by atoms with Crippen molar-refractivity contribution in [2.24, 2.45) is 5.73 Å². The number of rotatable bonds is 11. The van der Waals surface area contributed by atoms with Crippen LogP contribution in [0.1, 0.15) is 36.3 Å². The van der Waals surface area contributed by atoms with Gasteiger partial charge in [-0.3, -0.25) is 9.69 Å². The second-order valence-electron chi connectivity index (χ2n) is 10.5. The number of amides is 1. The highest BCUT2D eigenvalue weighted by atomic mass is 35.5. The summed E-state index contributed by atoms with van der Waals surface area (Å²) in [4.78, 5) is 44.7. The van der Waals surface area contributed by atoms with Gasteiger partial charge in [0.05, 0.1) is 37.7 Å². The maximum absolute atomic E-state index is 13.7. The van der Waals surface area contributed by atoms with Gasteiger partial charge in [-0.15, -0.1) is 24.8 Å². The number of esters is 2. The summed E-state index contributed by atoms with van der Waals surface area (Å²) in [5, 5.41) is 3.83. The highest BCUT2D eigenvalue weighted by Crippen LogP contribution is 2.46. The Hall–Kier alpha value is -2.79. The molecule has 1 saturated heterocycles. The third kappa shape index (κ3) is 9.37. The Morgan fingerprint density at radius 2 is 1.42 bits per heavy atom. The summed E-state index contributed by atoms with van der Waals surface area (Å²) >= 11 is 13.4. The number of benzene rings is 2. The minimum atomic E-state index is -1.02. The van der Waals surface area contributed by atoms with E-state index in [4.69, 9.17) is 38.4 Å². The first kappa shape index (κ1) is 38.4. The van der Waals surface area contributed by atoms with Crippen molar-refractivity contribution in [3.8, 4) is 0 Å². The summed E-state index contributed by atoms with van der Waals surface area (Å²) in [7, 11) is 2.54. The molecule has 2 aromatic carbocycles. The molecule has 9 nitrogen and oxygen atoms in total. The fourth-order valence-electron chi connectivity index (χ4n) is 5.64. The Morgan fingerprint density at radius 3 is 1.98 bits per heavy atom. The number of ether oxygens (including phenoxy) is 2. The van der Waals surface area contributed by atoms with E-state index in [9.17, 15) is 14.4 Å². The van der Waals surface area contributed by atoms with Gasteiger partial charge in [-0.2, -0.15) is 0 Å². The van der Waals surface area contributed by atoms with Crippen LogP contribution in [-0.2, 0) is 30.3 Å². The first-order chi connectivity index (χ1) is 20.8. The Kier molecular flexibility index (Phi) is 15.7. The quantitative estimate of drug-likeness (QED) is 0.319. The van der Waals surface area contributed by atoms with E-state index >= 15 is 0 Å². The zero-order valence-corrected chi connectivity index (χ0v) is 28.5. The van der Waals surface area contributed by atoms with Gasteiger partial charge in [0.25, 0.3) is 0 Å². The summed E-state index contributed by atoms with van der Waals surface area (Å²) in [5.74, 6) is -2.51. The fraction of sp³-hybridized carbons (Fsp3) is 0.406. The first-order valence-electron chi connectivity index (χ1n) is 14.4. The van der Waals surface area contributed by atoms with E-state index in [1.165, 1.54) is 14.2 Å². The van der Waals surface area contributed by atoms with E-state index in [-0.39, 0.29) is 58.3 Å². The SMILES string of the molecule is COC(=O)C1=C(CCc2ccccc2)NC(CC(=O)N2CCN(CCCN)CC2)=C(C(=O)OC)C1c1c(Cl)cccc1Cl.Cl.Cl. The maximum atomic E-state index is 13.7. The first-order valence-corrected chi connectivity index (χ1v) is 15.1. The van der Waals surface area contributed by atoms with E-state index in [1.807, 2.05) is 30.3 Å². The molecule has 0 aromatic heterocycles. The van der Waals surface area contributed by atoms with Crippen molar-refractivity contribution < 1.29 is 23.9 Å². The molecular weight excluding hydrogens is 662 g/mol. The lowest BCUT2D eigenvalue weighted by atomic mass is 9.78. The molecule has 1 amide bonds. The number of carbonyl (C=O) groups is 3. The number of nitrogens with two attached hydrogens (primary N) is 1. The molecule has 13 heteroatoms. The molecule has 2 aliphatic heterocycles. The molecule has 2 aliphatic rings. The molecule has 0 bridgehead atoms. The van der Waals surface area contributed by atoms with Crippen LogP contribution in [-0.4, -0.2) is 81.1 Å². The molecule has 2 heterocycles. The average Bonchev–Trinajstić information content (AvgIpc) is 3.02. The number of nitrogens with one attached hydrogen (secondary N) is 1. The molecule has 4 rings (SSSR count). The third-order valence-corrected chi connectivity index (χ3v) is 8.53. The van der Waals surface area contributed by atoms with Gasteiger partial charge in [-0.25, -0.2) is 9.59 Å². The molecular formula is C32H40Cl4N4O5. The molecule has 1 unspecified atom stereocenters. The highest BCUT2D eigenvalue weighted by molar-refractivity contribution is 6.36. The van der Waals surface area contributed by atoms with Crippen LogP contribution in [0, 0.1) is 0 Å². The molecule has 0 spiro atoms. The number of hydrogen-bond donors (Lipinski definition) is 2. The standard InChI is InChI=1S/C32H38Cl2N4O5.2ClH/c1-42-31(40)28-24(13-12-21-8-4-3-5-9-21)36-25(20-26(39)38-18-16-37(17-19-38)15-7-14-35)29(32(41)43-2)30(28)27-22(33)10-6-11-23(27)34;;/h3-6,8-11,30,36H,7,12-20,35H2,1-2H3;2*1H. The number of carbonyl (C=O) groups excluding carboxylic acids is 3. The summed E-state index contributed by atoms with van der Waals surface area (Å²) in [6.07, 6.45) is 1.79. The topological polar surface area (TPSA) is 114 Å². The van der Waals surface area contributed by atoms with Crippen molar-refractivity contribution in [1.29, 1.82) is 0 Å². The number of aryl methyl sites for hydroxylation is 1. The minimum absolute atomic E-state index is 0. The molecule has 0 aliphatic carbocycles. The lowest BCUT2D eigenvalue weighted by molar-refractivity contribution is -0.137. The average molecular weight is 703 g/mol. The molecule has 1 atom stereocenters. The van der Waals surface area contributed by atoms with E-state index < -0.39 is 17.9 Å². The normalized spacial score (nSPS) is 16.7. The van der Waals surface area contributed by atoms with Crippen LogP contribution in [0.3, 0.4) is 0 Å². The largest absolute Gasteiger partial charge is 0.466 e. The van der Waals surface area contributed by atoms with E-state index in [1.54, 1.807) is 23.1 Å². The van der Waals surface area contributed by atoms with Crippen molar-refractivity contribution in [3.63, 3.8) is 0 Å². The van der Waals surface area contributed by atoms with E-state index in [2.05, 4.69) is 10.2 Å². The zero-order valence-electron chi connectivity index (χ0n) is 25.4. The van der Waals surface area contributed by atoms with Crippen molar-refractivity contribution in [1.82, 2.24) is 15.1 Å². The van der Waals surface area contributed by atoms with Crippen molar-refractivity contribution >= 4 is 65.9 Å². The number of hydrogen-bond acceptors (Lipinski definition) is 8. The second kappa shape index (κ2) is 18.4. The third-order valence-electron chi connectivity index (χ3n) is 7.87. The van der Waals surface area contributed by atoms with E-state index in [0.29, 0.717) is 49.4 Å². The lowest BCUT2D eigenvalue weighted by Gasteiger charge is -2.36. The maximum Gasteiger partial charge on any atom is 0.336 e. The fourth-order valence-corrected chi connectivity index (χ4v) is 6.25. The summed E-state index contributed by atoms with van der Waals surface area (Å²) in [5.41, 5.74) is 8.24. The number of methoxy groups -OCH3 is 2. The molecule has 1 fully saturated rings. The summed E-state index contributed by atoms with van der Waals surface area (Å²) < 4.78 is 10.4. The van der Waals surface area contributed by atoms with Gasteiger partial charge < -0.3 is 25.4 Å². The lowest BCUT2D eigenvalue weighted by Crippen LogP contribution is -2.49. The van der Waals surface area contributed by atoms with Crippen molar-refractivity contribution in [2.75, 3.05) is 53.5 Å². The second-order valence-corrected chi connectivity index (χ2v) is 11.3. The van der Waals surface area contributed by atoms with Crippen molar-refractivity contribution in [3.05, 3.63) is 92.2 Å². The molecule has 0 radical (unpaired) electrons. The summed E-state index contributed by atoms with van der Waals surface area (Å²) in [6.45, 7) is 4.13. The number of nitrogens with zero attached hydrogens (tertiary/aromatic N) is 2. The van der Waals surface area contributed by atoms with Gasteiger partial charge in [0.2, 0.25) is 5.91 Å². The Bertz CT molecular complexity index is 1370. The van der Waals surface area contributed by atoms with Crippen LogP contribution in [0.5, 0.6) is 0 Å². The number of halogens is 4. The molecule has 0 saturated carbocycles. The predicted molar refractivity (Wildman–Crippen MR) is 181 cm³/mol. The molecule has 45 heavy (non-hydrogen) atoms. The zero-order chi connectivity index (χ0) is 30.9. The minimum Gasteiger partial charge on any atom is -0.466 e. The van der Waals surface area contributed by atoms with Crippen LogP contribution >= 0.6 is 48.0 Å². The van der Waals surface area contributed by atoms with Crippen LogP contribution in [0.15, 0.2) is 71.1 Å². The Morgan fingerprint density at radius 1 is 0.844 bits per heavy atom. The number of piperazine rings is 1. The smallest absolute Gasteiger partial charge is 0.336 e. The van der Waals surface area contributed by atoms with Crippen LogP contribution in [0.25, 0.3) is 0 Å².